The van der Waals surface area contributed by atoms with Crippen LogP contribution in [-0.4, -0.2) is 5.91 Å². The smallest absolute Gasteiger partial charge is 0.416 e. The predicted molar refractivity (Wildman–Crippen MR) is 76.5 cm³/mol. The number of rotatable bonds is 4. The summed E-state index contributed by atoms with van der Waals surface area (Å²) in [5, 5.41) is 2.57. The number of halogens is 3. The summed E-state index contributed by atoms with van der Waals surface area (Å²) in [7, 11) is 0. The van der Waals surface area contributed by atoms with E-state index in [4.69, 9.17) is 4.74 Å². The standard InChI is InChI=1S/C16H14F3NO2/c1-11(21)20-14-8-4-5-9-15(14)22-10-12-6-2-3-7-13(12)16(17,18)19/h2-9H,10H2,1H3,(H,20,21). The lowest BCUT2D eigenvalue weighted by Crippen LogP contribution is -2.11. The lowest BCUT2D eigenvalue weighted by molar-refractivity contribution is -0.138. The summed E-state index contributed by atoms with van der Waals surface area (Å²) in [6.45, 7) is 1.10. The van der Waals surface area contributed by atoms with Crippen LogP contribution in [0.15, 0.2) is 48.5 Å². The fourth-order valence-corrected chi connectivity index (χ4v) is 1.96. The van der Waals surface area contributed by atoms with Crippen molar-refractivity contribution < 1.29 is 22.7 Å². The van der Waals surface area contributed by atoms with E-state index in [0.717, 1.165) is 6.07 Å². The average Bonchev–Trinajstić information content (AvgIpc) is 2.45. The zero-order valence-electron chi connectivity index (χ0n) is 11.8. The van der Waals surface area contributed by atoms with Crippen LogP contribution in [0, 0.1) is 0 Å². The highest BCUT2D eigenvalue weighted by atomic mass is 19.4. The van der Waals surface area contributed by atoms with E-state index < -0.39 is 11.7 Å². The zero-order valence-corrected chi connectivity index (χ0v) is 11.8. The number of hydrogen-bond acceptors (Lipinski definition) is 2. The van der Waals surface area contributed by atoms with Gasteiger partial charge in [0.05, 0.1) is 11.3 Å². The quantitative estimate of drug-likeness (QED) is 0.917. The Hall–Kier alpha value is -2.50. The second-order valence-corrected chi connectivity index (χ2v) is 4.62. The molecule has 22 heavy (non-hydrogen) atoms. The molecule has 0 spiro atoms. The summed E-state index contributed by atoms with van der Waals surface area (Å²) in [6.07, 6.45) is -4.43. The van der Waals surface area contributed by atoms with E-state index in [2.05, 4.69) is 5.32 Å². The molecule has 116 valence electrons. The first kappa shape index (κ1) is 15.9. The van der Waals surface area contributed by atoms with Crippen LogP contribution >= 0.6 is 0 Å². The van der Waals surface area contributed by atoms with E-state index in [9.17, 15) is 18.0 Å². The Bertz CT molecular complexity index is 668. The summed E-state index contributed by atoms with van der Waals surface area (Å²) >= 11 is 0. The van der Waals surface area contributed by atoms with Crippen LogP contribution in [0.2, 0.25) is 0 Å². The van der Waals surface area contributed by atoms with Gasteiger partial charge in [-0.25, -0.2) is 0 Å². The number of anilines is 1. The second-order valence-electron chi connectivity index (χ2n) is 4.62. The van der Waals surface area contributed by atoms with Gasteiger partial charge in [0, 0.05) is 12.5 Å². The zero-order chi connectivity index (χ0) is 16.2. The summed E-state index contributed by atoms with van der Waals surface area (Å²) in [4.78, 5) is 11.1. The Balaban J connectivity index is 2.20. The van der Waals surface area contributed by atoms with Crippen LogP contribution in [0.1, 0.15) is 18.1 Å². The van der Waals surface area contributed by atoms with Crippen molar-refractivity contribution in [2.75, 3.05) is 5.32 Å². The molecule has 0 bridgehead atoms. The topological polar surface area (TPSA) is 38.3 Å². The first-order chi connectivity index (χ1) is 10.4. The Morgan fingerprint density at radius 2 is 1.73 bits per heavy atom. The van der Waals surface area contributed by atoms with Crippen LogP contribution in [0.25, 0.3) is 0 Å². The minimum absolute atomic E-state index is 0.0348. The molecule has 0 saturated heterocycles. The van der Waals surface area contributed by atoms with Crippen LogP contribution in [0.4, 0.5) is 18.9 Å². The molecule has 2 aromatic rings. The summed E-state index contributed by atoms with van der Waals surface area (Å²) < 4.78 is 44.2. The lowest BCUT2D eigenvalue weighted by atomic mass is 10.1. The van der Waals surface area contributed by atoms with Gasteiger partial charge in [0.15, 0.2) is 0 Å². The summed E-state index contributed by atoms with van der Waals surface area (Å²) in [5.41, 5.74) is -0.279. The third kappa shape index (κ3) is 4.00. The fraction of sp³-hybridized carbons (Fsp3) is 0.188. The molecular formula is C16H14F3NO2. The largest absolute Gasteiger partial charge is 0.487 e. The molecule has 0 atom stereocenters. The molecule has 2 aromatic carbocycles. The molecule has 1 N–H and O–H groups in total. The third-order valence-electron chi connectivity index (χ3n) is 2.90. The van der Waals surface area contributed by atoms with E-state index in [0.29, 0.717) is 11.4 Å². The Labute approximate surface area is 125 Å². The molecule has 0 radical (unpaired) electrons. The van der Waals surface area contributed by atoms with Crippen LogP contribution in [0.5, 0.6) is 5.75 Å². The van der Waals surface area contributed by atoms with Crippen molar-refractivity contribution in [2.45, 2.75) is 19.7 Å². The lowest BCUT2D eigenvalue weighted by Gasteiger charge is -2.15. The van der Waals surface area contributed by atoms with Crippen LogP contribution < -0.4 is 10.1 Å². The van der Waals surface area contributed by atoms with Crippen LogP contribution in [0.3, 0.4) is 0 Å². The molecule has 0 aliphatic heterocycles. The number of amides is 1. The van der Waals surface area contributed by atoms with E-state index >= 15 is 0 Å². The first-order valence-electron chi connectivity index (χ1n) is 6.52. The number of hydrogen-bond donors (Lipinski definition) is 1. The highest BCUT2D eigenvalue weighted by molar-refractivity contribution is 5.90. The minimum Gasteiger partial charge on any atom is -0.487 e. The minimum atomic E-state index is -4.43. The van der Waals surface area contributed by atoms with Crippen molar-refractivity contribution in [1.29, 1.82) is 0 Å². The molecule has 0 unspecified atom stereocenters. The summed E-state index contributed by atoms with van der Waals surface area (Å²) in [6, 6.07) is 11.8. The maximum absolute atomic E-state index is 12.9. The maximum atomic E-state index is 12.9. The number of alkyl halides is 3. The van der Waals surface area contributed by atoms with E-state index in [1.807, 2.05) is 0 Å². The first-order valence-corrected chi connectivity index (χ1v) is 6.52. The van der Waals surface area contributed by atoms with Crippen molar-refractivity contribution in [1.82, 2.24) is 0 Å². The molecule has 0 aromatic heterocycles. The van der Waals surface area contributed by atoms with Crippen molar-refractivity contribution in [3.8, 4) is 5.75 Å². The number of benzene rings is 2. The van der Waals surface area contributed by atoms with Gasteiger partial charge in [0.25, 0.3) is 0 Å². The number of para-hydroxylation sites is 2. The molecule has 3 nitrogen and oxygen atoms in total. The highest BCUT2D eigenvalue weighted by Crippen LogP contribution is 2.33. The Kier molecular flexibility index (Phi) is 4.70. The SMILES string of the molecule is CC(=O)Nc1ccccc1OCc1ccccc1C(F)(F)F. The monoisotopic (exact) mass is 309 g/mol. The Morgan fingerprint density at radius 3 is 2.41 bits per heavy atom. The molecular weight excluding hydrogens is 295 g/mol. The third-order valence-corrected chi connectivity index (χ3v) is 2.90. The number of nitrogens with one attached hydrogen (secondary N) is 1. The molecule has 0 aliphatic rings. The van der Waals surface area contributed by atoms with Gasteiger partial charge >= 0.3 is 6.18 Å². The fourth-order valence-electron chi connectivity index (χ4n) is 1.96. The predicted octanol–water partition coefficient (Wildman–Crippen LogP) is 4.24. The molecule has 0 aliphatic carbocycles. The van der Waals surface area contributed by atoms with Gasteiger partial charge in [-0.2, -0.15) is 13.2 Å². The van der Waals surface area contributed by atoms with Crippen molar-refractivity contribution in [2.24, 2.45) is 0 Å². The number of carbonyl (C=O) groups is 1. The van der Waals surface area contributed by atoms with Gasteiger partial charge in [-0.1, -0.05) is 30.3 Å². The van der Waals surface area contributed by atoms with Crippen molar-refractivity contribution in [3.63, 3.8) is 0 Å². The highest BCUT2D eigenvalue weighted by Gasteiger charge is 2.33. The molecule has 1 amide bonds. The van der Waals surface area contributed by atoms with Gasteiger partial charge < -0.3 is 10.1 Å². The summed E-state index contributed by atoms with van der Waals surface area (Å²) in [5.74, 6) is 0.0291. The normalized spacial score (nSPS) is 11.1. The van der Waals surface area contributed by atoms with Gasteiger partial charge in [0.1, 0.15) is 12.4 Å². The van der Waals surface area contributed by atoms with E-state index in [-0.39, 0.29) is 18.1 Å². The number of carbonyl (C=O) groups excluding carboxylic acids is 1. The van der Waals surface area contributed by atoms with Gasteiger partial charge in [-0.3, -0.25) is 4.79 Å². The van der Waals surface area contributed by atoms with Gasteiger partial charge in [0.2, 0.25) is 5.91 Å². The molecule has 0 heterocycles. The number of ether oxygens (including phenoxy) is 1. The molecule has 2 rings (SSSR count). The van der Waals surface area contributed by atoms with E-state index in [1.54, 1.807) is 24.3 Å². The van der Waals surface area contributed by atoms with E-state index in [1.165, 1.54) is 25.1 Å². The van der Waals surface area contributed by atoms with Crippen LogP contribution in [-0.2, 0) is 17.6 Å². The van der Waals surface area contributed by atoms with Crippen molar-refractivity contribution >= 4 is 11.6 Å². The Morgan fingerprint density at radius 1 is 1.09 bits per heavy atom. The molecule has 0 saturated carbocycles. The second kappa shape index (κ2) is 6.51. The average molecular weight is 309 g/mol. The van der Waals surface area contributed by atoms with Gasteiger partial charge in [-0.15, -0.1) is 0 Å². The maximum Gasteiger partial charge on any atom is 0.416 e. The molecule has 0 fully saturated rings. The van der Waals surface area contributed by atoms with Gasteiger partial charge in [-0.05, 0) is 18.2 Å². The molecule has 6 heteroatoms. The van der Waals surface area contributed by atoms with Crippen molar-refractivity contribution in [3.05, 3.63) is 59.7 Å².